The molecular formula is C16H23F2N3O3. The molecular weight excluding hydrogens is 320 g/mol. The van der Waals surface area contributed by atoms with Crippen LogP contribution in [-0.4, -0.2) is 34.9 Å². The lowest BCUT2D eigenvalue weighted by molar-refractivity contribution is -0.0529. The van der Waals surface area contributed by atoms with Crippen LogP contribution >= 0.6 is 0 Å². The van der Waals surface area contributed by atoms with Gasteiger partial charge in [-0.1, -0.05) is 13.8 Å². The molecule has 1 aromatic heterocycles. The van der Waals surface area contributed by atoms with E-state index in [4.69, 9.17) is 0 Å². The number of carbonyl (C=O) groups excluding carboxylic acids is 1. The Labute approximate surface area is 139 Å². The first-order chi connectivity index (χ1) is 11.2. The molecule has 24 heavy (non-hydrogen) atoms. The third-order valence-electron chi connectivity index (χ3n) is 4.13. The van der Waals surface area contributed by atoms with Gasteiger partial charge in [-0.2, -0.15) is 8.78 Å². The molecule has 3 N–H and O–H groups in total. The van der Waals surface area contributed by atoms with Gasteiger partial charge in [0.05, 0.1) is 12.1 Å². The zero-order valence-corrected chi connectivity index (χ0v) is 13.8. The van der Waals surface area contributed by atoms with E-state index >= 15 is 0 Å². The number of urea groups is 1. The van der Waals surface area contributed by atoms with Crippen LogP contribution in [0.4, 0.5) is 13.6 Å². The van der Waals surface area contributed by atoms with E-state index in [9.17, 15) is 18.7 Å². The van der Waals surface area contributed by atoms with Gasteiger partial charge in [-0.05, 0) is 36.3 Å². The molecule has 0 aliphatic heterocycles. The predicted molar refractivity (Wildman–Crippen MR) is 83.7 cm³/mol. The van der Waals surface area contributed by atoms with E-state index < -0.39 is 18.7 Å². The van der Waals surface area contributed by atoms with Crippen molar-refractivity contribution < 1.29 is 23.4 Å². The number of ether oxygens (including phenoxy) is 1. The van der Waals surface area contributed by atoms with Gasteiger partial charge in [0, 0.05) is 18.8 Å². The van der Waals surface area contributed by atoms with Crippen LogP contribution in [0.2, 0.25) is 0 Å². The van der Waals surface area contributed by atoms with Crippen molar-refractivity contribution in [3.63, 3.8) is 0 Å². The van der Waals surface area contributed by atoms with Crippen LogP contribution in [0.25, 0.3) is 0 Å². The molecule has 0 aromatic carbocycles. The van der Waals surface area contributed by atoms with E-state index in [1.54, 1.807) is 6.07 Å². The first kappa shape index (κ1) is 18.4. The molecule has 1 aliphatic carbocycles. The molecule has 0 radical (unpaired) electrons. The molecule has 1 saturated carbocycles. The Bertz CT molecular complexity index is 569. The van der Waals surface area contributed by atoms with Crippen LogP contribution in [0.1, 0.15) is 38.7 Å². The lowest BCUT2D eigenvalue weighted by Crippen LogP contribution is -2.51. The maximum Gasteiger partial charge on any atom is 0.388 e. The van der Waals surface area contributed by atoms with Crippen molar-refractivity contribution in [3.05, 3.63) is 23.9 Å². The van der Waals surface area contributed by atoms with Crippen molar-refractivity contribution in [1.29, 1.82) is 0 Å². The number of aromatic nitrogens is 1. The molecule has 6 nitrogen and oxygen atoms in total. The molecule has 0 bridgehead atoms. The highest BCUT2D eigenvalue weighted by Crippen LogP contribution is 2.35. The average molecular weight is 343 g/mol. The standard InChI is InChI=1S/C16H23F2N3O3/c1-16(2)5-3-12(22)11(8-16)21-15(23)20-9-10-4-6-19-13(7-10)24-14(17)18/h4,6-7,11-12,14,22H,3,5,8-9H2,1-2H3,(H2,20,21,23)/t11-,12-/m1/s1. The third kappa shape index (κ3) is 5.59. The molecule has 0 unspecified atom stereocenters. The van der Waals surface area contributed by atoms with Gasteiger partial charge in [0.25, 0.3) is 0 Å². The van der Waals surface area contributed by atoms with Gasteiger partial charge in [-0.3, -0.25) is 0 Å². The lowest BCUT2D eigenvalue weighted by atomic mass is 9.74. The normalized spacial score (nSPS) is 22.9. The summed E-state index contributed by atoms with van der Waals surface area (Å²) in [5, 5.41) is 15.4. The Kier molecular flexibility index (Phi) is 5.93. The number of aliphatic hydroxyl groups excluding tert-OH is 1. The summed E-state index contributed by atoms with van der Waals surface area (Å²) in [6, 6.07) is 2.22. The first-order valence-corrected chi connectivity index (χ1v) is 7.87. The summed E-state index contributed by atoms with van der Waals surface area (Å²) in [6.45, 7) is 1.40. The Morgan fingerprint density at radius 2 is 2.29 bits per heavy atom. The quantitative estimate of drug-likeness (QED) is 0.767. The smallest absolute Gasteiger partial charge is 0.388 e. The number of pyridine rings is 1. The fourth-order valence-corrected chi connectivity index (χ4v) is 2.84. The summed E-state index contributed by atoms with van der Waals surface area (Å²) in [4.78, 5) is 15.7. The summed E-state index contributed by atoms with van der Waals surface area (Å²) >= 11 is 0. The molecule has 8 heteroatoms. The SMILES string of the molecule is CC1(C)CC[C@@H](O)[C@H](NC(=O)NCc2ccnc(OC(F)F)c2)C1. The topological polar surface area (TPSA) is 83.5 Å². The number of carbonyl (C=O) groups is 1. The van der Waals surface area contributed by atoms with E-state index in [2.05, 4.69) is 34.2 Å². The lowest BCUT2D eigenvalue weighted by Gasteiger charge is -2.38. The molecule has 2 atom stereocenters. The van der Waals surface area contributed by atoms with E-state index in [1.807, 2.05) is 0 Å². The molecule has 1 aliphatic rings. The van der Waals surface area contributed by atoms with Crippen LogP contribution < -0.4 is 15.4 Å². The maximum atomic E-state index is 12.2. The number of amides is 2. The summed E-state index contributed by atoms with van der Waals surface area (Å²) in [6.07, 6.45) is 3.04. The van der Waals surface area contributed by atoms with Crippen LogP contribution in [0.5, 0.6) is 5.88 Å². The Morgan fingerprint density at radius 3 is 3.00 bits per heavy atom. The monoisotopic (exact) mass is 343 g/mol. The fraction of sp³-hybridized carbons (Fsp3) is 0.625. The number of rotatable bonds is 5. The van der Waals surface area contributed by atoms with Gasteiger partial charge >= 0.3 is 12.6 Å². The van der Waals surface area contributed by atoms with E-state index in [0.717, 1.165) is 6.42 Å². The predicted octanol–water partition coefficient (Wildman–Crippen LogP) is 2.42. The minimum absolute atomic E-state index is 0.0732. The van der Waals surface area contributed by atoms with Gasteiger partial charge in [0.1, 0.15) is 0 Å². The van der Waals surface area contributed by atoms with E-state index in [-0.39, 0.29) is 23.9 Å². The van der Waals surface area contributed by atoms with E-state index in [0.29, 0.717) is 18.4 Å². The van der Waals surface area contributed by atoms with Crippen LogP contribution in [0.3, 0.4) is 0 Å². The van der Waals surface area contributed by atoms with E-state index in [1.165, 1.54) is 12.3 Å². The molecule has 0 saturated heterocycles. The van der Waals surface area contributed by atoms with Gasteiger partial charge in [-0.25, -0.2) is 9.78 Å². The second-order valence-electron chi connectivity index (χ2n) is 6.79. The maximum absolute atomic E-state index is 12.2. The number of nitrogens with zero attached hydrogens (tertiary/aromatic N) is 1. The van der Waals surface area contributed by atoms with Crippen LogP contribution in [-0.2, 0) is 6.54 Å². The highest BCUT2D eigenvalue weighted by Gasteiger charge is 2.34. The van der Waals surface area contributed by atoms with Gasteiger partial charge in [0.2, 0.25) is 5.88 Å². The highest BCUT2D eigenvalue weighted by molar-refractivity contribution is 5.74. The second-order valence-corrected chi connectivity index (χ2v) is 6.79. The third-order valence-corrected chi connectivity index (χ3v) is 4.13. The molecule has 134 valence electrons. The molecule has 0 spiro atoms. The van der Waals surface area contributed by atoms with Crippen molar-refractivity contribution in [1.82, 2.24) is 15.6 Å². The number of aliphatic hydroxyl groups is 1. The summed E-state index contributed by atoms with van der Waals surface area (Å²) < 4.78 is 28.5. The number of alkyl halides is 2. The van der Waals surface area contributed by atoms with Gasteiger partial charge in [-0.15, -0.1) is 0 Å². The number of hydrogen-bond donors (Lipinski definition) is 3. The summed E-state index contributed by atoms with van der Waals surface area (Å²) in [5.74, 6) is -0.200. The minimum atomic E-state index is -2.94. The van der Waals surface area contributed by atoms with Crippen LogP contribution in [0.15, 0.2) is 18.3 Å². The van der Waals surface area contributed by atoms with Crippen molar-refractivity contribution in [2.24, 2.45) is 5.41 Å². The van der Waals surface area contributed by atoms with Crippen molar-refractivity contribution in [2.75, 3.05) is 0 Å². The zero-order valence-electron chi connectivity index (χ0n) is 13.8. The molecule has 1 heterocycles. The number of nitrogens with one attached hydrogen (secondary N) is 2. The highest BCUT2D eigenvalue weighted by atomic mass is 19.3. The number of hydrogen-bond acceptors (Lipinski definition) is 4. The fourth-order valence-electron chi connectivity index (χ4n) is 2.84. The molecule has 2 rings (SSSR count). The summed E-state index contributed by atoms with van der Waals surface area (Å²) in [5.41, 5.74) is 0.657. The van der Waals surface area contributed by atoms with Crippen molar-refractivity contribution in [2.45, 2.75) is 58.4 Å². The largest absolute Gasteiger partial charge is 0.417 e. The molecule has 1 fully saturated rings. The molecule has 1 aromatic rings. The Morgan fingerprint density at radius 1 is 1.54 bits per heavy atom. The average Bonchev–Trinajstić information content (AvgIpc) is 2.48. The van der Waals surface area contributed by atoms with Crippen molar-refractivity contribution in [3.8, 4) is 5.88 Å². The Balaban J connectivity index is 1.84. The summed E-state index contributed by atoms with van der Waals surface area (Å²) in [7, 11) is 0. The van der Waals surface area contributed by atoms with Gasteiger partial charge in [0.15, 0.2) is 0 Å². The number of halogens is 2. The second kappa shape index (κ2) is 7.74. The van der Waals surface area contributed by atoms with Gasteiger partial charge < -0.3 is 20.5 Å². The first-order valence-electron chi connectivity index (χ1n) is 7.87. The van der Waals surface area contributed by atoms with Crippen molar-refractivity contribution >= 4 is 6.03 Å². The Hall–Kier alpha value is -1.96. The minimum Gasteiger partial charge on any atom is -0.417 e. The molecule has 2 amide bonds. The zero-order chi connectivity index (χ0) is 17.7. The van der Waals surface area contributed by atoms with Crippen LogP contribution in [0, 0.1) is 5.41 Å².